The topological polar surface area (TPSA) is 150 Å². The predicted molar refractivity (Wildman–Crippen MR) is 178 cm³/mol. The van der Waals surface area contributed by atoms with E-state index in [1.807, 2.05) is 33.1 Å². The van der Waals surface area contributed by atoms with Crippen molar-refractivity contribution in [2.45, 2.75) is 117 Å². The highest BCUT2D eigenvalue weighted by molar-refractivity contribution is 7.09. The molecule has 12 heteroatoms. The van der Waals surface area contributed by atoms with Crippen molar-refractivity contribution in [1.29, 1.82) is 0 Å². The molecule has 1 saturated heterocycles. The van der Waals surface area contributed by atoms with Gasteiger partial charge in [-0.1, -0.05) is 73.3 Å². The number of ketones is 1. The van der Waals surface area contributed by atoms with Crippen molar-refractivity contribution in [3.05, 3.63) is 29.2 Å². The van der Waals surface area contributed by atoms with Crippen LogP contribution in [0.5, 0.6) is 0 Å². The summed E-state index contributed by atoms with van der Waals surface area (Å²) in [5.74, 6) is -2.26. The average Bonchev–Trinajstić information content (AvgIpc) is 3.40. The number of aromatic nitrogens is 1. The Hall–Kier alpha value is -3.28. The monoisotopic (exact) mass is 656 g/mol. The lowest BCUT2D eigenvalue weighted by atomic mass is 9.79. The van der Waals surface area contributed by atoms with Crippen LogP contribution < -0.4 is 21.3 Å². The van der Waals surface area contributed by atoms with Crippen LogP contribution in [0.1, 0.15) is 91.5 Å². The van der Waals surface area contributed by atoms with E-state index in [9.17, 15) is 24.0 Å². The van der Waals surface area contributed by atoms with E-state index in [4.69, 9.17) is 0 Å². The molecule has 5 amide bonds. The highest BCUT2D eigenvalue weighted by Gasteiger charge is 2.70. The third-order valence-electron chi connectivity index (χ3n) is 10.2. The van der Waals surface area contributed by atoms with Gasteiger partial charge in [0.15, 0.2) is 0 Å². The molecule has 1 aromatic heterocycles. The van der Waals surface area contributed by atoms with Crippen LogP contribution in [0.25, 0.3) is 0 Å². The van der Waals surface area contributed by atoms with Gasteiger partial charge in [0.05, 0.1) is 11.0 Å². The maximum atomic E-state index is 14.4. The molecule has 1 unspecified atom stereocenters. The van der Waals surface area contributed by atoms with Crippen molar-refractivity contribution in [3.8, 4) is 0 Å². The first-order valence-electron chi connectivity index (χ1n) is 16.7. The molecular formula is C34H52N6O5S. The maximum Gasteiger partial charge on any atom is 0.315 e. The summed E-state index contributed by atoms with van der Waals surface area (Å²) in [5, 5.41) is 14.5. The van der Waals surface area contributed by atoms with Crippen LogP contribution in [-0.2, 0) is 25.6 Å². The van der Waals surface area contributed by atoms with Crippen LogP contribution >= 0.6 is 11.3 Å². The second kappa shape index (κ2) is 14.2. The molecule has 1 aliphatic heterocycles. The molecule has 0 bridgehead atoms. The number of nitrogens with one attached hydrogen (secondary N) is 4. The second-order valence-corrected chi connectivity index (χ2v) is 15.9. The Kier molecular flexibility index (Phi) is 11.0. The van der Waals surface area contributed by atoms with E-state index >= 15 is 0 Å². The number of urea groups is 1. The number of fused-ring (bicyclic) bond motifs is 1. The molecule has 3 aliphatic rings. The Morgan fingerprint density at radius 1 is 1.13 bits per heavy atom. The molecule has 2 saturated carbocycles. The fraction of sp³-hybridized carbons (Fsp3) is 0.706. The van der Waals surface area contributed by atoms with Crippen LogP contribution in [-0.4, -0.2) is 76.2 Å². The van der Waals surface area contributed by atoms with Crippen molar-refractivity contribution >= 4 is 40.9 Å². The lowest BCUT2D eigenvalue weighted by Crippen LogP contribution is -2.63. The molecule has 11 nitrogen and oxygen atoms in total. The van der Waals surface area contributed by atoms with Gasteiger partial charge in [-0.25, -0.2) is 9.78 Å². The Labute approximate surface area is 277 Å². The van der Waals surface area contributed by atoms with E-state index in [0.717, 1.165) is 37.1 Å². The number of carbonyl (C=O) groups is 5. The Morgan fingerprint density at radius 2 is 1.83 bits per heavy atom. The SMILES string of the molecule is C=CCNC(=O)C(=O)C(CCC)NC(=O)[C@@H]1[C@@H]2[C@H](CN1C(=O)[C@@H](NC(=O)NC1(Cc3nccs3)CCCCC1)C(C)(C)C)C2(C)C. The molecule has 2 aliphatic carbocycles. The Balaban J connectivity index is 1.52. The standard InChI is InChI=1S/C34H52N6O5S/c1-8-13-22(26(41)29(43)36-16-9-2)37-28(42)25-24-21(33(24,6)7)20-40(25)30(44)27(32(3,4)5)38-31(45)39-34(14-11-10-12-15-34)19-23-35-17-18-46-23/h9,17-18,21-22,24-25,27H,2,8,10-16,19-20H2,1,3-7H3,(H,36,43)(H,37,42)(H2,38,39,45)/t21-,22?,24-,25-,27+/m0/s1. The number of hydrogen-bond donors (Lipinski definition) is 4. The number of nitrogens with zero attached hydrogens (tertiary/aromatic N) is 2. The quantitative estimate of drug-likeness (QED) is 0.188. The first kappa shape index (κ1) is 35.6. The van der Waals surface area contributed by atoms with Gasteiger partial charge in [-0.3, -0.25) is 19.2 Å². The van der Waals surface area contributed by atoms with Gasteiger partial charge in [0.25, 0.3) is 5.91 Å². The first-order chi connectivity index (χ1) is 21.6. The van der Waals surface area contributed by atoms with Crippen molar-refractivity contribution in [2.24, 2.45) is 22.7 Å². The van der Waals surface area contributed by atoms with Gasteiger partial charge in [-0.05, 0) is 41.9 Å². The molecule has 5 atom stereocenters. The molecule has 4 N–H and O–H groups in total. The van der Waals surface area contributed by atoms with E-state index in [2.05, 4.69) is 46.7 Å². The lowest BCUT2D eigenvalue weighted by Gasteiger charge is -2.40. The van der Waals surface area contributed by atoms with Gasteiger partial charge < -0.3 is 26.2 Å². The molecular weight excluding hydrogens is 604 g/mol. The molecule has 0 spiro atoms. The molecule has 46 heavy (non-hydrogen) atoms. The highest BCUT2D eigenvalue weighted by atomic mass is 32.1. The number of hydrogen-bond acceptors (Lipinski definition) is 7. The maximum absolute atomic E-state index is 14.4. The van der Waals surface area contributed by atoms with Gasteiger partial charge in [0.2, 0.25) is 17.6 Å². The van der Waals surface area contributed by atoms with Gasteiger partial charge in [0, 0.05) is 36.6 Å². The van der Waals surface area contributed by atoms with E-state index in [1.165, 1.54) is 6.08 Å². The minimum Gasteiger partial charge on any atom is -0.346 e. The van der Waals surface area contributed by atoms with Crippen molar-refractivity contribution < 1.29 is 24.0 Å². The fourth-order valence-corrected chi connectivity index (χ4v) is 8.22. The third-order valence-corrected chi connectivity index (χ3v) is 10.9. The van der Waals surface area contributed by atoms with Gasteiger partial charge >= 0.3 is 6.03 Å². The van der Waals surface area contributed by atoms with Crippen molar-refractivity contribution in [2.75, 3.05) is 13.1 Å². The minimum atomic E-state index is -1.01. The molecule has 3 fully saturated rings. The highest BCUT2D eigenvalue weighted by Crippen LogP contribution is 2.65. The summed E-state index contributed by atoms with van der Waals surface area (Å²) in [5.41, 5.74) is -1.25. The molecule has 1 aromatic rings. The average molecular weight is 657 g/mol. The Morgan fingerprint density at radius 3 is 2.41 bits per heavy atom. The fourth-order valence-electron chi connectivity index (χ4n) is 7.46. The van der Waals surface area contributed by atoms with Gasteiger partial charge in [-0.15, -0.1) is 17.9 Å². The van der Waals surface area contributed by atoms with Crippen LogP contribution in [0.2, 0.25) is 0 Å². The zero-order chi connectivity index (χ0) is 33.9. The molecule has 0 aromatic carbocycles. The number of likely N-dealkylation sites (tertiary alicyclic amines) is 1. The van der Waals surface area contributed by atoms with Crippen LogP contribution in [0.3, 0.4) is 0 Å². The summed E-state index contributed by atoms with van der Waals surface area (Å²) in [4.78, 5) is 73.5. The van der Waals surface area contributed by atoms with Crippen LogP contribution in [0, 0.1) is 22.7 Å². The molecule has 4 rings (SSSR count). The van der Waals surface area contributed by atoms with Crippen LogP contribution in [0.15, 0.2) is 24.2 Å². The second-order valence-electron chi connectivity index (χ2n) is 14.9. The van der Waals surface area contributed by atoms with Crippen LogP contribution in [0.4, 0.5) is 4.79 Å². The summed E-state index contributed by atoms with van der Waals surface area (Å²) in [6, 6.07) is -3.13. The number of amides is 5. The summed E-state index contributed by atoms with van der Waals surface area (Å²) in [6.07, 6.45) is 9.57. The van der Waals surface area contributed by atoms with Gasteiger partial charge in [0.1, 0.15) is 12.1 Å². The minimum absolute atomic E-state index is 0.0957. The number of rotatable bonds is 13. The summed E-state index contributed by atoms with van der Waals surface area (Å²) in [7, 11) is 0. The predicted octanol–water partition coefficient (Wildman–Crippen LogP) is 3.74. The largest absolute Gasteiger partial charge is 0.346 e. The molecule has 0 radical (unpaired) electrons. The van der Waals surface area contributed by atoms with E-state index in [0.29, 0.717) is 25.8 Å². The lowest BCUT2D eigenvalue weighted by molar-refractivity contribution is -0.145. The number of carbonyl (C=O) groups excluding carboxylic acids is 5. The molecule has 254 valence electrons. The van der Waals surface area contributed by atoms with E-state index < -0.39 is 52.7 Å². The Bertz CT molecular complexity index is 1300. The van der Waals surface area contributed by atoms with Crippen molar-refractivity contribution in [3.63, 3.8) is 0 Å². The summed E-state index contributed by atoms with van der Waals surface area (Å²) < 4.78 is 0. The third kappa shape index (κ3) is 7.81. The first-order valence-corrected chi connectivity index (χ1v) is 17.5. The normalized spacial score (nSPS) is 24.1. The summed E-state index contributed by atoms with van der Waals surface area (Å²) in [6.45, 7) is 15.8. The number of piperidine rings is 1. The smallest absolute Gasteiger partial charge is 0.315 e. The van der Waals surface area contributed by atoms with Gasteiger partial charge in [-0.2, -0.15) is 0 Å². The van der Waals surface area contributed by atoms with E-state index in [1.54, 1.807) is 22.4 Å². The zero-order valence-corrected chi connectivity index (χ0v) is 29.1. The number of Topliss-reactive ketones (excluding diaryl/α,β-unsaturated/α-hetero) is 1. The van der Waals surface area contributed by atoms with E-state index in [-0.39, 0.29) is 29.7 Å². The zero-order valence-electron chi connectivity index (χ0n) is 28.2. The molecule has 2 heterocycles. The summed E-state index contributed by atoms with van der Waals surface area (Å²) >= 11 is 1.57. The number of thiazole rings is 1. The van der Waals surface area contributed by atoms with Crippen molar-refractivity contribution in [1.82, 2.24) is 31.2 Å².